The molecule has 0 bridgehead atoms. The quantitative estimate of drug-likeness (QED) is 0.719. The monoisotopic (exact) mass is 257 g/mol. The summed E-state index contributed by atoms with van der Waals surface area (Å²) in [6, 6.07) is 8.59. The van der Waals surface area contributed by atoms with Crippen molar-refractivity contribution in [3.63, 3.8) is 0 Å². The zero-order chi connectivity index (χ0) is 14.0. The first-order valence-electron chi connectivity index (χ1n) is 7.56. The molecule has 0 aromatic heterocycles. The largest absolute Gasteiger partial charge is 0.305 e. The van der Waals surface area contributed by atoms with Crippen LogP contribution in [0.25, 0.3) is 0 Å². The van der Waals surface area contributed by atoms with Crippen molar-refractivity contribution in [1.82, 2.24) is 0 Å². The normalized spacial score (nSPS) is 22.9. The molecule has 2 atom stereocenters. The SMILES string of the molecule is C[C@@H]1CCC1CCC(=N)c1ccc(C(C)(C)C)cc1. The van der Waals surface area contributed by atoms with Crippen LogP contribution in [0.2, 0.25) is 0 Å². The van der Waals surface area contributed by atoms with Crippen LogP contribution in [-0.4, -0.2) is 5.71 Å². The predicted molar refractivity (Wildman–Crippen MR) is 83.1 cm³/mol. The van der Waals surface area contributed by atoms with Crippen LogP contribution in [0.5, 0.6) is 0 Å². The van der Waals surface area contributed by atoms with Crippen LogP contribution in [0.15, 0.2) is 24.3 Å². The lowest BCUT2D eigenvalue weighted by molar-refractivity contribution is 0.186. The Morgan fingerprint density at radius 3 is 2.21 bits per heavy atom. The maximum atomic E-state index is 8.21. The lowest BCUT2D eigenvalue weighted by Gasteiger charge is -2.33. The van der Waals surface area contributed by atoms with Gasteiger partial charge in [0.15, 0.2) is 0 Å². The van der Waals surface area contributed by atoms with E-state index in [4.69, 9.17) is 5.41 Å². The van der Waals surface area contributed by atoms with Crippen LogP contribution in [0.1, 0.15) is 64.5 Å². The molecule has 0 spiro atoms. The van der Waals surface area contributed by atoms with Crippen molar-refractivity contribution >= 4 is 5.71 Å². The van der Waals surface area contributed by atoms with E-state index >= 15 is 0 Å². The van der Waals surface area contributed by atoms with Gasteiger partial charge in [0.25, 0.3) is 0 Å². The summed E-state index contributed by atoms with van der Waals surface area (Å²) < 4.78 is 0. The summed E-state index contributed by atoms with van der Waals surface area (Å²) >= 11 is 0. The fraction of sp³-hybridized carbons (Fsp3) is 0.611. The van der Waals surface area contributed by atoms with Crippen molar-refractivity contribution in [1.29, 1.82) is 5.41 Å². The molecule has 2 rings (SSSR count). The Balaban J connectivity index is 1.92. The van der Waals surface area contributed by atoms with Gasteiger partial charge in [-0.3, -0.25) is 0 Å². The van der Waals surface area contributed by atoms with Crippen LogP contribution in [-0.2, 0) is 5.41 Å². The van der Waals surface area contributed by atoms with E-state index < -0.39 is 0 Å². The van der Waals surface area contributed by atoms with Crippen LogP contribution in [0, 0.1) is 17.2 Å². The molecule has 1 fully saturated rings. The molecule has 104 valence electrons. The van der Waals surface area contributed by atoms with Crippen LogP contribution < -0.4 is 0 Å². The molecule has 1 nitrogen and oxygen atoms in total. The molecule has 1 aliphatic carbocycles. The van der Waals surface area contributed by atoms with E-state index in [1.165, 1.54) is 24.8 Å². The Morgan fingerprint density at radius 1 is 1.16 bits per heavy atom. The molecule has 1 aromatic carbocycles. The van der Waals surface area contributed by atoms with Crippen molar-refractivity contribution in [3.8, 4) is 0 Å². The third-order valence-corrected chi connectivity index (χ3v) is 4.66. The lowest BCUT2D eigenvalue weighted by Crippen LogP contribution is -2.23. The zero-order valence-electron chi connectivity index (χ0n) is 12.8. The fourth-order valence-electron chi connectivity index (χ4n) is 2.81. The predicted octanol–water partition coefficient (Wildman–Crippen LogP) is 5.18. The van der Waals surface area contributed by atoms with E-state index in [1.54, 1.807) is 0 Å². The van der Waals surface area contributed by atoms with Crippen molar-refractivity contribution in [2.24, 2.45) is 11.8 Å². The summed E-state index contributed by atoms with van der Waals surface area (Å²) in [6.45, 7) is 9.03. The van der Waals surface area contributed by atoms with Crippen LogP contribution in [0.3, 0.4) is 0 Å². The van der Waals surface area contributed by atoms with Gasteiger partial charge in [0.2, 0.25) is 0 Å². The second-order valence-electron chi connectivity index (χ2n) is 7.16. The number of benzene rings is 1. The van der Waals surface area contributed by atoms with Gasteiger partial charge < -0.3 is 5.41 Å². The summed E-state index contributed by atoms with van der Waals surface area (Å²) in [7, 11) is 0. The molecule has 1 heteroatoms. The summed E-state index contributed by atoms with van der Waals surface area (Å²) in [5, 5.41) is 8.21. The average molecular weight is 257 g/mol. The van der Waals surface area contributed by atoms with E-state index in [1.807, 2.05) is 0 Å². The van der Waals surface area contributed by atoms with E-state index in [2.05, 4.69) is 52.0 Å². The van der Waals surface area contributed by atoms with Gasteiger partial charge >= 0.3 is 0 Å². The average Bonchev–Trinajstić information content (AvgIpc) is 2.36. The second kappa shape index (κ2) is 5.48. The van der Waals surface area contributed by atoms with E-state index in [0.717, 1.165) is 29.5 Å². The summed E-state index contributed by atoms with van der Waals surface area (Å²) in [5.74, 6) is 1.75. The molecular formula is C18H27N. The molecule has 0 aliphatic heterocycles. The van der Waals surface area contributed by atoms with Gasteiger partial charge in [0, 0.05) is 5.71 Å². The van der Waals surface area contributed by atoms with Gasteiger partial charge in [-0.1, -0.05) is 58.4 Å². The standard InChI is InChI=1S/C18H27N/c1-13-5-6-14(13)9-12-17(19)15-7-10-16(11-8-15)18(2,3)4/h7-8,10-11,13-14,19H,5-6,9,12H2,1-4H3/t13-,14?/m1/s1. The smallest absolute Gasteiger partial charge is 0.0386 e. The molecule has 0 saturated heterocycles. The van der Waals surface area contributed by atoms with E-state index in [0.29, 0.717) is 0 Å². The molecule has 1 aromatic rings. The highest BCUT2D eigenvalue weighted by Crippen LogP contribution is 2.37. The van der Waals surface area contributed by atoms with Gasteiger partial charge in [-0.25, -0.2) is 0 Å². The molecule has 1 unspecified atom stereocenters. The molecule has 0 radical (unpaired) electrons. The minimum Gasteiger partial charge on any atom is -0.305 e. The molecule has 1 N–H and O–H groups in total. The first-order valence-corrected chi connectivity index (χ1v) is 7.56. The van der Waals surface area contributed by atoms with Gasteiger partial charge in [-0.2, -0.15) is 0 Å². The maximum Gasteiger partial charge on any atom is 0.0386 e. The van der Waals surface area contributed by atoms with Crippen LogP contribution in [0.4, 0.5) is 0 Å². The van der Waals surface area contributed by atoms with Crippen LogP contribution >= 0.6 is 0 Å². The Bertz CT molecular complexity index is 436. The molecular weight excluding hydrogens is 230 g/mol. The van der Waals surface area contributed by atoms with Crippen molar-refractivity contribution in [3.05, 3.63) is 35.4 Å². The molecule has 0 amide bonds. The summed E-state index contributed by atoms with van der Waals surface area (Å²) in [6.07, 6.45) is 4.89. The maximum absolute atomic E-state index is 8.21. The number of hydrogen-bond donors (Lipinski definition) is 1. The zero-order valence-corrected chi connectivity index (χ0v) is 12.8. The van der Waals surface area contributed by atoms with Crippen molar-refractivity contribution in [2.75, 3.05) is 0 Å². The minimum absolute atomic E-state index is 0.197. The third-order valence-electron chi connectivity index (χ3n) is 4.66. The third kappa shape index (κ3) is 3.46. The summed E-state index contributed by atoms with van der Waals surface area (Å²) in [4.78, 5) is 0. The van der Waals surface area contributed by atoms with Gasteiger partial charge in [-0.15, -0.1) is 0 Å². The Kier molecular flexibility index (Phi) is 4.13. The second-order valence-corrected chi connectivity index (χ2v) is 7.16. The Hall–Kier alpha value is -1.11. The first-order chi connectivity index (χ1) is 8.88. The highest BCUT2D eigenvalue weighted by molar-refractivity contribution is 5.98. The highest BCUT2D eigenvalue weighted by Gasteiger charge is 2.26. The Morgan fingerprint density at radius 2 is 1.79 bits per heavy atom. The van der Waals surface area contributed by atoms with E-state index in [9.17, 15) is 0 Å². The minimum atomic E-state index is 0.197. The lowest BCUT2D eigenvalue weighted by atomic mass is 9.72. The van der Waals surface area contributed by atoms with E-state index in [-0.39, 0.29) is 5.41 Å². The number of nitrogens with one attached hydrogen (secondary N) is 1. The van der Waals surface area contributed by atoms with Crippen molar-refractivity contribution in [2.45, 2.75) is 58.8 Å². The molecule has 19 heavy (non-hydrogen) atoms. The number of hydrogen-bond acceptors (Lipinski definition) is 1. The van der Waals surface area contributed by atoms with Gasteiger partial charge in [0.1, 0.15) is 0 Å². The topological polar surface area (TPSA) is 23.9 Å². The summed E-state index contributed by atoms with van der Waals surface area (Å²) in [5.41, 5.74) is 3.44. The molecule has 1 aliphatic rings. The molecule has 0 heterocycles. The Labute approximate surface area is 117 Å². The van der Waals surface area contributed by atoms with Crippen molar-refractivity contribution < 1.29 is 0 Å². The highest BCUT2D eigenvalue weighted by atomic mass is 14.4. The van der Waals surface area contributed by atoms with Gasteiger partial charge in [0.05, 0.1) is 0 Å². The number of rotatable bonds is 4. The first kappa shape index (κ1) is 14.3. The molecule has 1 saturated carbocycles. The van der Waals surface area contributed by atoms with Gasteiger partial charge in [-0.05, 0) is 47.6 Å². The fourth-order valence-corrected chi connectivity index (χ4v) is 2.81.